The van der Waals surface area contributed by atoms with Gasteiger partial charge in [-0.15, -0.1) is 0 Å². The predicted octanol–water partition coefficient (Wildman–Crippen LogP) is 1.19. The topological polar surface area (TPSA) is 43.8 Å². The van der Waals surface area contributed by atoms with Gasteiger partial charge in [0, 0.05) is 20.6 Å². The van der Waals surface area contributed by atoms with Crippen LogP contribution in [0, 0.1) is 11.6 Å². The predicted molar refractivity (Wildman–Crippen MR) is 63.1 cm³/mol. The van der Waals surface area contributed by atoms with Crippen LogP contribution in [0.2, 0.25) is 0 Å². The lowest BCUT2D eigenvalue weighted by atomic mass is 10.2. The second kappa shape index (κ2) is 5.77. The summed E-state index contributed by atoms with van der Waals surface area (Å²) in [6, 6.07) is 2.10. The van der Waals surface area contributed by atoms with Crippen LogP contribution in [-0.4, -0.2) is 48.5 Å². The van der Waals surface area contributed by atoms with E-state index in [1.165, 1.54) is 4.90 Å². The largest absolute Gasteiger partial charge is 0.503 e. The summed E-state index contributed by atoms with van der Waals surface area (Å²) in [4.78, 5) is 14.5. The van der Waals surface area contributed by atoms with Crippen molar-refractivity contribution in [3.63, 3.8) is 0 Å². The van der Waals surface area contributed by atoms with Crippen molar-refractivity contribution in [3.8, 4) is 5.75 Å². The minimum absolute atomic E-state index is 0.0998. The van der Waals surface area contributed by atoms with Gasteiger partial charge in [-0.1, -0.05) is 0 Å². The number of nitrogens with zero attached hydrogens (tertiary/aromatic N) is 2. The Morgan fingerprint density at radius 3 is 2.17 bits per heavy atom. The molecule has 0 unspecified atom stereocenters. The Bertz CT molecular complexity index is 427. The fourth-order valence-electron chi connectivity index (χ4n) is 1.45. The van der Waals surface area contributed by atoms with E-state index in [-0.39, 0.29) is 19.0 Å². The average Bonchev–Trinajstić information content (AvgIpc) is 2.25. The van der Waals surface area contributed by atoms with Crippen LogP contribution in [0.25, 0.3) is 0 Å². The smallest absolute Gasteiger partial charge is 0.236 e. The number of aromatic hydroxyl groups is 1. The number of halogens is 2. The molecule has 0 radical (unpaired) electrons. The molecule has 100 valence electrons. The molecule has 0 aliphatic heterocycles. The molecular formula is C12H16F2N2O2. The lowest BCUT2D eigenvalue weighted by Crippen LogP contribution is -2.34. The minimum Gasteiger partial charge on any atom is -0.503 e. The molecule has 18 heavy (non-hydrogen) atoms. The zero-order valence-electron chi connectivity index (χ0n) is 10.6. The maximum absolute atomic E-state index is 13.1. The van der Waals surface area contributed by atoms with E-state index in [0.717, 1.165) is 12.1 Å². The monoisotopic (exact) mass is 258 g/mol. The number of hydrogen-bond acceptors (Lipinski definition) is 3. The molecule has 0 heterocycles. The third kappa shape index (κ3) is 3.66. The lowest BCUT2D eigenvalue weighted by molar-refractivity contribution is -0.129. The summed E-state index contributed by atoms with van der Waals surface area (Å²) in [6.45, 7) is 0.366. The molecule has 0 saturated carbocycles. The van der Waals surface area contributed by atoms with E-state index in [2.05, 4.69) is 0 Å². The zero-order valence-corrected chi connectivity index (χ0v) is 10.6. The van der Waals surface area contributed by atoms with Gasteiger partial charge in [0.05, 0.1) is 6.54 Å². The summed E-state index contributed by atoms with van der Waals surface area (Å²) in [5.74, 6) is -3.09. The van der Waals surface area contributed by atoms with Gasteiger partial charge in [-0.25, -0.2) is 8.78 Å². The highest BCUT2D eigenvalue weighted by atomic mass is 19.1. The Morgan fingerprint density at radius 1 is 1.22 bits per heavy atom. The van der Waals surface area contributed by atoms with Gasteiger partial charge in [0.1, 0.15) is 0 Å². The SMILES string of the molecule is CN(CC(=O)N(C)C)Cc1cc(F)c(O)c(F)c1. The molecular weight excluding hydrogens is 242 g/mol. The fourth-order valence-corrected chi connectivity index (χ4v) is 1.45. The van der Waals surface area contributed by atoms with Crippen molar-refractivity contribution in [1.82, 2.24) is 9.80 Å². The van der Waals surface area contributed by atoms with Crippen molar-refractivity contribution in [2.45, 2.75) is 6.54 Å². The number of phenols is 1. The first kappa shape index (κ1) is 14.4. The van der Waals surface area contributed by atoms with Gasteiger partial charge >= 0.3 is 0 Å². The zero-order chi connectivity index (χ0) is 13.9. The van der Waals surface area contributed by atoms with E-state index >= 15 is 0 Å². The van der Waals surface area contributed by atoms with Crippen LogP contribution >= 0.6 is 0 Å². The number of phenolic OH excluding ortho intramolecular Hbond substituents is 1. The Labute approximate surface area is 104 Å². The van der Waals surface area contributed by atoms with Crippen molar-refractivity contribution in [2.75, 3.05) is 27.7 Å². The van der Waals surface area contributed by atoms with Crippen LogP contribution in [0.15, 0.2) is 12.1 Å². The molecule has 0 saturated heterocycles. The highest BCUT2D eigenvalue weighted by Gasteiger charge is 2.13. The van der Waals surface area contributed by atoms with Gasteiger partial charge in [-0.2, -0.15) is 0 Å². The molecule has 0 spiro atoms. The third-order valence-corrected chi connectivity index (χ3v) is 2.43. The minimum atomic E-state index is -1.00. The maximum atomic E-state index is 13.1. The first-order valence-electron chi connectivity index (χ1n) is 5.37. The molecule has 1 N–H and O–H groups in total. The normalized spacial score (nSPS) is 10.8. The van der Waals surface area contributed by atoms with Crippen molar-refractivity contribution in [3.05, 3.63) is 29.3 Å². The molecule has 0 aromatic heterocycles. The summed E-state index contributed by atoms with van der Waals surface area (Å²) in [5.41, 5.74) is 0.358. The summed E-state index contributed by atoms with van der Waals surface area (Å²) < 4.78 is 26.2. The maximum Gasteiger partial charge on any atom is 0.236 e. The number of carbonyl (C=O) groups excluding carboxylic acids is 1. The van der Waals surface area contributed by atoms with Gasteiger partial charge in [-0.05, 0) is 24.7 Å². The molecule has 0 atom stereocenters. The van der Waals surface area contributed by atoms with E-state index in [9.17, 15) is 13.6 Å². The van der Waals surface area contributed by atoms with Crippen LogP contribution in [0.1, 0.15) is 5.56 Å². The van der Waals surface area contributed by atoms with E-state index in [1.807, 2.05) is 0 Å². The first-order chi connectivity index (χ1) is 8.31. The Balaban J connectivity index is 2.70. The van der Waals surface area contributed by atoms with Gasteiger partial charge in [0.15, 0.2) is 17.4 Å². The van der Waals surface area contributed by atoms with Gasteiger partial charge in [-0.3, -0.25) is 9.69 Å². The Morgan fingerprint density at radius 2 is 1.72 bits per heavy atom. The Hall–Kier alpha value is -1.69. The van der Waals surface area contributed by atoms with Crippen LogP contribution in [0.5, 0.6) is 5.75 Å². The second-order valence-electron chi connectivity index (χ2n) is 4.37. The summed E-state index contributed by atoms with van der Waals surface area (Å²) in [5, 5.41) is 8.96. The molecule has 1 amide bonds. The molecule has 1 aromatic rings. The quantitative estimate of drug-likeness (QED) is 0.882. The molecule has 0 aliphatic rings. The third-order valence-electron chi connectivity index (χ3n) is 2.43. The molecule has 0 bridgehead atoms. The van der Waals surface area contributed by atoms with E-state index in [0.29, 0.717) is 5.56 Å². The number of carbonyl (C=O) groups is 1. The number of benzene rings is 1. The fraction of sp³-hybridized carbons (Fsp3) is 0.417. The first-order valence-corrected chi connectivity index (χ1v) is 5.37. The molecule has 1 aromatic carbocycles. The van der Waals surface area contributed by atoms with Crippen molar-refractivity contribution >= 4 is 5.91 Å². The summed E-state index contributed by atoms with van der Waals surface area (Å²) in [6.07, 6.45) is 0. The van der Waals surface area contributed by atoms with Crippen LogP contribution in [-0.2, 0) is 11.3 Å². The summed E-state index contributed by atoms with van der Waals surface area (Å²) in [7, 11) is 4.94. The van der Waals surface area contributed by atoms with Crippen LogP contribution < -0.4 is 0 Å². The van der Waals surface area contributed by atoms with Gasteiger partial charge in [0.25, 0.3) is 0 Å². The highest BCUT2D eigenvalue weighted by Crippen LogP contribution is 2.21. The van der Waals surface area contributed by atoms with E-state index < -0.39 is 17.4 Å². The molecule has 0 aliphatic carbocycles. The van der Waals surface area contributed by atoms with Crippen molar-refractivity contribution < 1.29 is 18.7 Å². The second-order valence-corrected chi connectivity index (χ2v) is 4.37. The standard InChI is InChI=1S/C12H16F2N2O2/c1-15(2)11(17)7-16(3)6-8-4-9(13)12(18)10(14)5-8/h4-5,18H,6-7H2,1-3H3. The van der Waals surface area contributed by atoms with Gasteiger partial charge in [0.2, 0.25) is 5.91 Å². The molecule has 0 fully saturated rings. The van der Waals surface area contributed by atoms with Crippen molar-refractivity contribution in [1.29, 1.82) is 0 Å². The van der Waals surface area contributed by atoms with Crippen LogP contribution in [0.4, 0.5) is 8.78 Å². The lowest BCUT2D eigenvalue weighted by Gasteiger charge is -2.19. The average molecular weight is 258 g/mol. The van der Waals surface area contributed by atoms with E-state index in [1.54, 1.807) is 26.0 Å². The van der Waals surface area contributed by atoms with Crippen LogP contribution in [0.3, 0.4) is 0 Å². The molecule has 4 nitrogen and oxygen atoms in total. The highest BCUT2D eigenvalue weighted by molar-refractivity contribution is 5.77. The van der Waals surface area contributed by atoms with Gasteiger partial charge < -0.3 is 10.0 Å². The number of likely N-dealkylation sites (N-methyl/N-ethyl adjacent to an activating group) is 2. The number of rotatable bonds is 4. The Kier molecular flexibility index (Phi) is 4.61. The summed E-state index contributed by atoms with van der Waals surface area (Å²) >= 11 is 0. The van der Waals surface area contributed by atoms with Crippen molar-refractivity contribution in [2.24, 2.45) is 0 Å². The number of amides is 1. The van der Waals surface area contributed by atoms with E-state index in [4.69, 9.17) is 5.11 Å². The molecule has 6 heteroatoms. The number of hydrogen-bond donors (Lipinski definition) is 1. The molecule has 1 rings (SSSR count).